The summed E-state index contributed by atoms with van der Waals surface area (Å²) < 4.78 is 5.49. The van der Waals surface area contributed by atoms with Gasteiger partial charge in [-0.15, -0.1) is 0 Å². The lowest BCUT2D eigenvalue weighted by molar-refractivity contribution is -0.122. The lowest BCUT2D eigenvalue weighted by atomic mass is 9.91. The first-order valence-corrected chi connectivity index (χ1v) is 7.45. The highest BCUT2D eigenvalue weighted by atomic mass is 16.5. The Kier molecular flexibility index (Phi) is 8.31. The van der Waals surface area contributed by atoms with Crippen LogP contribution in [0.25, 0.3) is 0 Å². The molecule has 0 heterocycles. The van der Waals surface area contributed by atoms with Gasteiger partial charge < -0.3 is 10.1 Å². The summed E-state index contributed by atoms with van der Waals surface area (Å²) in [7, 11) is 0. The summed E-state index contributed by atoms with van der Waals surface area (Å²) in [5, 5.41) is 2.94. The molecule has 0 aliphatic heterocycles. The van der Waals surface area contributed by atoms with E-state index in [4.69, 9.17) is 4.74 Å². The molecule has 0 rings (SSSR count). The fraction of sp³-hybridized carbons (Fsp3) is 0.938. The molecule has 0 aromatic heterocycles. The summed E-state index contributed by atoms with van der Waals surface area (Å²) >= 11 is 0. The second kappa shape index (κ2) is 8.57. The summed E-state index contributed by atoms with van der Waals surface area (Å²) in [4.78, 5) is 11.5. The molecular formula is C16H33NO2. The van der Waals surface area contributed by atoms with Crippen molar-refractivity contribution in [3.63, 3.8) is 0 Å². The maximum atomic E-state index is 11.5. The molecule has 0 unspecified atom stereocenters. The fourth-order valence-electron chi connectivity index (χ4n) is 1.64. The highest BCUT2D eigenvalue weighted by Gasteiger charge is 2.11. The smallest absolute Gasteiger partial charge is 0.222 e. The Hall–Kier alpha value is -0.570. The molecule has 0 aromatic rings. The molecule has 19 heavy (non-hydrogen) atoms. The summed E-state index contributed by atoms with van der Waals surface area (Å²) in [5.41, 5.74) is 0.643. The van der Waals surface area contributed by atoms with Crippen molar-refractivity contribution < 1.29 is 9.53 Å². The zero-order chi connectivity index (χ0) is 14.9. The van der Waals surface area contributed by atoms with Gasteiger partial charge in [0.25, 0.3) is 0 Å². The van der Waals surface area contributed by atoms with E-state index in [2.05, 4.69) is 46.9 Å². The van der Waals surface area contributed by atoms with Gasteiger partial charge in [0, 0.05) is 19.6 Å². The quantitative estimate of drug-likeness (QED) is 0.682. The molecule has 0 aliphatic rings. The molecule has 0 saturated heterocycles. The Balaban J connectivity index is 3.40. The molecule has 3 nitrogen and oxygen atoms in total. The molecule has 1 amide bonds. The number of hydrogen-bond acceptors (Lipinski definition) is 2. The normalized spacial score (nSPS) is 12.5. The van der Waals surface area contributed by atoms with Crippen molar-refractivity contribution in [2.24, 2.45) is 10.8 Å². The average Bonchev–Trinajstić information content (AvgIpc) is 2.19. The van der Waals surface area contributed by atoms with E-state index in [0.29, 0.717) is 18.4 Å². The van der Waals surface area contributed by atoms with E-state index in [9.17, 15) is 4.79 Å². The van der Waals surface area contributed by atoms with Crippen LogP contribution in [0, 0.1) is 10.8 Å². The zero-order valence-corrected chi connectivity index (χ0v) is 13.8. The molecule has 0 atom stereocenters. The van der Waals surface area contributed by atoms with Crippen LogP contribution in [0.4, 0.5) is 0 Å². The number of carbonyl (C=O) groups is 1. The standard InChI is InChI=1S/C16H33NO2/c1-15(2,3)9-7-12-19-13-8-14(18)17-11-10-16(4,5)6/h7-13H2,1-6H3,(H,17,18). The molecule has 0 radical (unpaired) electrons. The van der Waals surface area contributed by atoms with Crippen molar-refractivity contribution in [3.05, 3.63) is 0 Å². The number of hydrogen-bond donors (Lipinski definition) is 1. The van der Waals surface area contributed by atoms with E-state index in [1.165, 1.54) is 0 Å². The highest BCUT2D eigenvalue weighted by molar-refractivity contribution is 5.75. The number of nitrogens with one attached hydrogen (secondary N) is 1. The van der Waals surface area contributed by atoms with Crippen molar-refractivity contribution in [3.8, 4) is 0 Å². The molecule has 3 heteroatoms. The molecule has 0 aromatic carbocycles. The minimum atomic E-state index is 0.0973. The molecular weight excluding hydrogens is 238 g/mol. The monoisotopic (exact) mass is 271 g/mol. The first-order chi connectivity index (χ1) is 8.60. The third-order valence-corrected chi connectivity index (χ3v) is 2.89. The van der Waals surface area contributed by atoms with Gasteiger partial charge in [0.05, 0.1) is 6.61 Å². The van der Waals surface area contributed by atoms with Crippen LogP contribution in [-0.2, 0) is 9.53 Å². The van der Waals surface area contributed by atoms with Crippen molar-refractivity contribution in [2.75, 3.05) is 19.8 Å². The number of rotatable bonds is 8. The van der Waals surface area contributed by atoms with Crippen LogP contribution in [0.15, 0.2) is 0 Å². The van der Waals surface area contributed by atoms with Crippen LogP contribution >= 0.6 is 0 Å². The van der Waals surface area contributed by atoms with Crippen molar-refractivity contribution in [2.45, 2.75) is 67.2 Å². The number of carbonyl (C=O) groups excluding carboxylic acids is 1. The minimum absolute atomic E-state index is 0.0973. The Labute approximate surface area is 119 Å². The van der Waals surface area contributed by atoms with E-state index in [1.54, 1.807) is 0 Å². The largest absolute Gasteiger partial charge is 0.381 e. The second-order valence-corrected chi connectivity index (χ2v) is 7.69. The molecule has 0 aliphatic carbocycles. The van der Waals surface area contributed by atoms with Crippen LogP contribution in [0.3, 0.4) is 0 Å². The van der Waals surface area contributed by atoms with E-state index < -0.39 is 0 Å². The molecule has 1 N–H and O–H groups in total. The predicted octanol–water partition coefficient (Wildman–Crippen LogP) is 3.77. The van der Waals surface area contributed by atoms with E-state index in [0.717, 1.165) is 32.4 Å². The lowest BCUT2D eigenvalue weighted by Crippen LogP contribution is -2.28. The third kappa shape index (κ3) is 15.4. The predicted molar refractivity (Wildman–Crippen MR) is 81.2 cm³/mol. The molecule has 0 spiro atoms. The first kappa shape index (κ1) is 18.4. The Bertz CT molecular complexity index is 248. The number of amides is 1. The Morgan fingerprint density at radius 2 is 1.53 bits per heavy atom. The maximum absolute atomic E-state index is 11.5. The van der Waals surface area contributed by atoms with Crippen LogP contribution in [0.5, 0.6) is 0 Å². The summed E-state index contributed by atoms with van der Waals surface area (Å²) in [5.74, 6) is 0.0973. The van der Waals surface area contributed by atoms with Crippen molar-refractivity contribution >= 4 is 5.91 Å². The van der Waals surface area contributed by atoms with E-state index >= 15 is 0 Å². The fourth-order valence-corrected chi connectivity index (χ4v) is 1.64. The topological polar surface area (TPSA) is 38.3 Å². The van der Waals surface area contributed by atoms with Gasteiger partial charge in [0.15, 0.2) is 0 Å². The number of ether oxygens (including phenoxy) is 1. The zero-order valence-electron chi connectivity index (χ0n) is 13.8. The van der Waals surface area contributed by atoms with Gasteiger partial charge in [-0.3, -0.25) is 4.79 Å². The second-order valence-electron chi connectivity index (χ2n) is 7.69. The molecule has 0 saturated carbocycles. The van der Waals surface area contributed by atoms with Gasteiger partial charge in [0.1, 0.15) is 0 Å². The third-order valence-electron chi connectivity index (χ3n) is 2.89. The van der Waals surface area contributed by atoms with Gasteiger partial charge in [-0.05, 0) is 30.1 Å². The van der Waals surface area contributed by atoms with Crippen LogP contribution in [0.1, 0.15) is 67.2 Å². The van der Waals surface area contributed by atoms with Crippen molar-refractivity contribution in [1.82, 2.24) is 5.32 Å². The maximum Gasteiger partial charge on any atom is 0.222 e. The summed E-state index contributed by atoms with van der Waals surface area (Å²) in [6, 6.07) is 0. The average molecular weight is 271 g/mol. The van der Waals surface area contributed by atoms with Gasteiger partial charge in [-0.1, -0.05) is 41.5 Å². The van der Waals surface area contributed by atoms with Gasteiger partial charge >= 0.3 is 0 Å². The van der Waals surface area contributed by atoms with Gasteiger partial charge in [0.2, 0.25) is 5.91 Å². The summed E-state index contributed by atoms with van der Waals surface area (Å²) in [6.07, 6.45) is 3.70. The molecule has 114 valence electrons. The van der Waals surface area contributed by atoms with Crippen LogP contribution in [-0.4, -0.2) is 25.7 Å². The minimum Gasteiger partial charge on any atom is -0.381 e. The van der Waals surface area contributed by atoms with Gasteiger partial charge in [-0.25, -0.2) is 0 Å². The summed E-state index contributed by atoms with van der Waals surface area (Å²) in [6.45, 7) is 15.3. The Morgan fingerprint density at radius 1 is 0.947 bits per heavy atom. The SMILES string of the molecule is CC(C)(C)CCCOCCC(=O)NCCC(C)(C)C. The van der Waals surface area contributed by atoms with Crippen LogP contribution < -0.4 is 5.32 Å². The van der Waals surface area contributed by atoms with Crippen molar-refractivity contribution in [1.29, 1.82) is 0 Å². The highest BCUT2D eigenvalue weighted by Crippen LogP contribution is 2.20. The first-order valence-electron chi connectivity index (χ1n) is 7.45. The molecule has 0 fully saturated rings. The lowest BCUT2D eigenvalue weighted by Gasteiger charge is -2.18. The molecule has 0 bridgehead atoms. The van der Waals surface area contributed by atoms with E-state index in [1.807, 2.05) is 0 Å². The van der Waals surface area contributed by atoms with E-state index in [-0.39, 0.29) is 11.3 Å². The van der Waals surface area contributed by atoms with Gasteiger partial charge in [-0.2, -0.15) is 0 Å². The van der Waals surface area contributed by atoms with Crippen LogP contribution in [0.2, 0.25) is 0 Å². The Morgan fingerprint density at radius 3 is 2.05 bits per heavy atom.